The highest BCUT2D eigenvalue weighted by atomic mass is 32.2. The van der Waals surface area contributed by atoms with Gasteiger partial charge < -0.3 is 4.90 Å². The Labute approximate surface area is 190 Å². The second-order valence-corrected chi connectivity index (χ2v) is 10.8. The third-order valence-electron chi connectivity index (χ3n) is 7.23. The minimum Gasteiger partial charge on any atom is -0.301 e. The van der Waals surface area contributed by atoms with E-state index in [1.165, 1.54) is 44.9 Å². The molecule has 0 amide bonds. The van der Waals surface area contributed by atoms with E-state index in [4.69, 9.17) is 5.14 Å². The molecule has 2 aromatic rings. The number of nitrogens with one attached hydrogen (secondary N) is 1. The largest absolute Gasteiger partial charge is 0.329 e. The van der Waals surface area contributed by atoms with Crippen molar-refractivity contribution in [1.82, 2.24) is 18.8 Å². The smallest absolute Gasteiger partial charge is 0.301 e. The van der Waals surface area contributed by atoms with Gasteiger partial charge in [0.05, 0.1) is 23.1 Å². The van der Waals surface area contributed by atoms with E-state index in [2.05, 4.69) is 9.62 Å². The Hall–Kier alpha value is -1.68. The molecule has 1 aromatic heterocycles. The van der Waals surface area contributed by atoms with Gasteiger partial charge in [0.15, 0.2) is 0 Å². The van der Waals surface area contributed by atoms with Gasteiger partial charge in [-0.1, -0.05) is 44.2 Å². The normalized spacial score (nSPS) is 24.4. The monoisotopic (exact) mass is 463 g/mol. The number of hydrogen-bond acceptors (Lipinski definition) is 4. The van der Waals surface area contributed by atoms with E-state index in [0.717, 1.165) is 24.1 Å². The average Bonchev–Trinajstić information content (AvgIpc) is 3.00. The molecule has 1 aliphatic heterocycles. The Morgan fingerprint density at radius 1 is 1.03 bits per heavy atom. The van der Waals surface area contributed by atoms with Gasteiger partial charge in [-0.15, -0.1) is 0 Å². The van der Waals surface area contributed by atoms with Crippen molar-refractivity contribution in [3.8, 4) is 0 Å². The molecule has 1 aromatic carbocycles. The molecule has 1 aliphatic carbocycles. The number of aromatic nitrogens is 2. The van der Waals surface area contributed by atoms with Crippen LogP contribution in [0.15, 0.2) is 29.1 Å². The predicted octanol–water partition coefficient (Wildman–Crippen LogP) is 2.59. The van der Waals surface area contributed by atoms with Crippen LogP contribution in [-0.4, -0.2) is 48.1 Å². The number of likely N-dealkylation sites (tertiary alicyclic amines) is 1. The summed E-state index contributed by atoms with van der Waals surface area (Å²) in [7, 11) is -3.90. The van der Waals surface area contributed by atoms with Crippen LogP contribution in [0.4, 0.5) is 0 Å². The summed E-state index contributed by atoms with van der Waals surface area (Å²) in [4.78, 5) is 15.7. The van der Waals surface area contributed by atoms with Crippen LogP contribution in [-0.2, 0) is 16.8 Å². The van der Waals surface area contributed by atoms with Gasteiger partial charge in [-0.05, 0) is 44.2 Å². The van der Waals surface area contributed by atoms with E-state index in [1.54, 1.807) is 9.13 Å². The van der Waals surface area contributed by atoms with Gasteiger partial charge in [-0.25, -0.2) is 9.93 Å². The van der Waals surface area contributed by atoms with Gasteiger partial charge in [0.1, 0.15) is 0 Å². The fourth-order valence-electron chi connectivity index (χ4n) is 5.76. The molecule has 1 saturated carbocycles. The first-order valence-corrected chi connectivity index (χ1v) is 13.6. The van der Waals surface area contributed by atoms with Gasteiger partial charge in [0.25, 0.3) is 10.2 Å². The molecular weight excluding hydrogens is 426 g/mol. The maximum absolute atomic E-state index is 13.3. The SMILES string of the molecule is CCn1c(=O)n(C2CCN(CC3CCCCCCC3)CC2NS(N)(=O)=O)c2ccccc21. The summed E-state index contributed by atoms with van der Waals surface area (Å²) in [6.07, 6.45) is 9.75. The van der Waals surface area contributed by atoms with Crippen LogP contribution >= 0.6 is 0 Å². The molecule has 2 fully saturated rings. The zero-order valence-electron chi connectivity index (χ0n) is 19.1. The van der Waals surface area contributed by atoms with E-state index in [1.807, 2.05) is 31.2 Å². The van der Waals surface area contributed by atoms with Crippen molar-refractivity contribution in [2.75, 3.05) is 19.6 Å². The molecule has 8 nitrogen and oxygen atoms in total. The third-order valence-corrected chi connectivity index (χ3v) is 7.87. The van der Waals surface area contributed by atoms with Gasteiger partial charge in [-0.3, -0.25) is 9.13 Å². The second-order valence-electron chi connectivity index (χ2n) is 9.48. The van der Waals surface area contributed by atoms with Crippen LogP contribution in [0.3, 0.4) is 0 Å². The van der Waals surface area contributed by atoms with E-state index in [0.29, 0.717) is 25.4 Å². The molecule has 9 heteroatoms. The molecule has 0 radical (unpaired) electrons. The Morgan fingerprint density at radius 3 is 2.34 bits per heavy atom. The molecule has 1 saturated heterocycles. The summed E-state index contributed by atoms with van der Waals surface area (Å²) < 4.78 is 30.2. The van der Waals surface area contributed by atoms with E-state index in [-0.39, 0.29) is 11.7 Å². The molecular formula is C23H37N5O3S. The number of piperidine rings is 1. The first-order chi connectivity index (χ1) is 15.4. The first-order valence-electron chi connectivity index (χ1n) is 12.1. The van der Waals surface area contributed by atoms with Crippen LogP contribution in [0, 0.1) is 5.92 Å². The van der Waals surface area contributed by atoms with Crippen LogP contribution in [0.2, 0.25) is 0 Å². The standard InChI is InChI=1S/C23H37N5O3S/c1-2-27-21-12-8-9-13-22(21)28(23(27)29)20-14-15-26(17-19(20)25-32(24,30)31)16-18-10-6-4-3-5-7-11-18/h8-9,12-13,18-20,25H,2-7,10-11,14-17H2,1H3,(H2,24,30,31). The lowest BCUT2D eigenvalue weighted by Crippen LogP contribution is -2.56. The van der Waals surface area contributed by atoms with E-state index >= 15 is 0 Å². The number of hydrogen-bond donors (Lipinski definition) is 2. The lowest BCUT2D eigenvalue weighted by molar-refractivity contribution is 0.128. The first kappa shape index (κ1) is 23.5. The molecule has 2 heterocycles. The molecule has 0 bridgehead atoms. The maximum atomic E-state index is 13.3. The summed E-state index contributed by atoms with van der Waals surface area (Å²) >= 11 is 0. The molecule has 32 heavy (non-hydrogen) atoms. The Balaban J connectivity index is 1.60. The quantitative estimate of drug-likeness (QED) is 0.687. The molecule has 2 unspecified atom stereocenters. The van der Waals surface area contributed by atoms with Gasteiger partial charge in [0.2, 0.25) is 0 Å². The summed E-state index contributed by atoms with van der Waals surface area (Å²) in [5, 5.41) is 5.41. The summed E-state index contributed by atoms with van der Waals surface area (Å²) in [5.74, 6) is 0.659. The Kier molecular flexibility index (Phi) is 7.39. The third kappa shape index (κ3) is 5.27. The number of rotatable bonds is 6. The minimum atomic E-state index is -3.90. The number of nitrogens with two attached hydrogens (primary N) is 1. The number of para-hydroxylation sites is 2. The molecule has 4 rings (SSSR count). The van der Waals surface area contributed by atoms with Gasteiger partial charge >= 0.3 is 5.69 Å². The fourth-order valence-corrected chi connectivity index (χ4v) is 6.41. The summed E-state index contributed by atoms with van der Waals surface area (Å²) in [6, 6.07) is 7.02. The average molecular weight is 464 g/mol. The van der Waals surface area contributed by atoms with E-state index in [9.17, 15) is 13.2 Å². The minimum absolute atomic E-state index is 0.0895. The lowest BCUT2D eigenvalue weighted by atomic mass is 9.89. The highest BCUT2D eigenvalue weighted by Gasteiger charge is 2.35. The molecule has 2 atom stereocenters. The topological polar surface area (TPSA) is 102 Å². The van der Waals surface area contributed by atoms with Crippen molar-refractivity contribution >= 4 is 21.2 Å². The summed E-state index contributed by atoms with van der Waals surface area (Å²) in [6.45, 7) is 4.93. The highest BCUT2D eigenvalue weighted by Crippen LogP contribution is 2.29. The number of fused-ring (bicyclic) bond motifs is 1. The zero-order chi connectivity index (χ0) is 22.7. The van der Waals surface area contributed by atoms with Crippen LogP contribution in [0.1, 0.15) is 64.3 Å². The molecule has 3 N–H and O–H groups in total. The van der Waals surface area contributed by atoms with Gasteiger partial charge in [0, 0.05) is 26.2 Å². The Bertz CT molecular complexity index is 1070. The van der Waals surface area contributed by atoms with Crippen LogP contribution in [0.5, 0.6) is 0 Å². The second kappa shape index (κ2) is 10.1. The van der Waals surface area contributed by atoms with Crippen molar-refractivity contribution < 1.29 is 8.42 Å². The number of imidazole rings is 1. The van der Waals surface area contributed by atoms with Crippen LogP contribution < -0.4 is 15.6 Å². The number of benzene rings is 1. The maximum Gasteiger partial charge on any atom is 0.329 e. The van der Waals surface area contributed by atoms with Gasteiger partial charge in [-0.2, -0.15) is 13.1 Å². The number of aryl methyl sites for hydroxylation is 1. The van der Waals surface area contributed by atoms with E-state index < -0.39 is 16.3 Å². The molecule has 178 valence electrons. The predicted molar refractivity (Wildman–Crippen MR) is 128 cm³/mol. The van der Waals surface area contributed by atoms with Crippen molar-refractivity contribution in [3.05, 3.63) is 34.7 Å². The zero-order valence-corrected chi connectivity index (χ0v) is 19.9. The van der Waals surface area contributed by atoms with Crippen LogP contribution in [0.25, 0.3) is 11.0 Å². The van der Waals surface area contributed by atoms with Crippen molar-refractivity contribution in [1.29, 1.82) is 0 Å². The van der Waals surface area contributed by atoms with Crippen molar-refractivity contribution in [3.63, 3.8) is 0 Å². The van der Waals surface area contributed by atoms with Crippen molar-refractivity contribution in [2.24, 2.45) is 11.1 Å². The Morgan fingerprint density at radius 2 is 1.69 bits per heavy atom. The molecule has 2 aliphatic rings. The lowest BCUT2D eigenvalue weighted by Gasteiger charge is -2.40. The van der Waals surface area contributed by atoms with Crippen molar-refractivity contribution in [2.45, 2.75) is 76.9 Å². The highest BCUT2D eigenvalue weighted by molar-refractivity contribution is 7.87. The summed E-state index contributed by atoms with van der Waals surface area (Å²) in [5.41, 5.74) is 1.64. The number of nitrogens with zero attached hydrogens (tertiary/aromatic N) is 3. The fraction of sp³-hybridized carbons (Fsp3) is 0.696. The molecule has 0 spiro atoms.